The lowest BCUT2D eigenvalue weighted by Crippen LogP contribution is -2.47. The van der Waals surface area contributed by atoms with E-state index in [1.807, 2.05) is 42.5 Å². The van der Waals surface area contributed by atoms with E-state index < -0.39 is 0 Å². The van der Waals surface area contributed by atoms with Gasteiger partial charge in [0.05, 0.1) is 12.5 Å². The molecule has 5 heteroatoms. The Labute approximate surface area is 147 Å². The average molecular weight is 340 g/mol. The maximum atomic E-state index is 13.0. The number of nitrogens with zero attached hydrogens (tertiary/aromatic N) is 1. The lowest BCUT2D eigenvalue weighted by molar-refractivity contribution is -0.127. The predicted molar refractivity (Wildman–Crippen MR) is 97.3 cm³/mol. The molecule has 1 saturated heterocycles. The van der Waals surface area contributed by atoms with Gasteiger partial charge >= 0.3 is 0 Å². The standard InChI is InChI=1S/C20H24N2O3/c1-14(13-23)21-19(24)16-8-5-11-22(12-16)20(25)18-10-4-7-15-6-2-3-9-17(15)18/h2-4,6-7,9-10,14,16,23H,5,8,11-13H2,1H3,(H,21,24). The fraction of sp³-hybridized carbons (Fsp3) is 0.400. The molecule has 0 aromatic heterocycles. The Balaban J connectivity index is 1.77. The van der Waals surface area contributed by atoms with Crippen molar-refractivity contribution in [2.24, 2.45) is 5.92 Å². The highest BCUT2D eigenvalue weighted by Gasteiger charge is 2.29. The molecule has 0 radical (unpaired) electrons. The van der Waals surface area contributed by atoms with Crippen molar-refractivity contribution in [1.29, 1.82) is 0 Å². The molecule has 1 aliphatic rings. The highest BCUT2D eigenvalue weighted by molar-refractivity contribution is 6.07. The van der Waals surface area contributed by atoms with Crippen LogP contribution in [0.15, 0.2) is 42.5 Å². The third-order valence-corrected chi connectivity index (χ3v) is 4.76. The van der Waals surface area contributed by atoms with Crippen LogP contribution in [0, 0.1) is 5.92 Å². The molecule has 2 aromatic rings. The lowest BCUT2D eigenvalue weighted by Gasteiger charge is -2.32. The second kappa shape index (κ2) is 7.66. The largest absolute Gasteiger partial charge is 0.394 e. The van der Waals surface area contributed by atoms with E-state index in [9.17, 15) is 9.59 Å². The van der Waals surface area contributed by atoms with Gasteiger partial charge in [-0.3, -0.25) is 9.59 Å². The van der Waals surface area contributed by atoms with Crippen molar-refractivity contribution in [3.8, 4) is 0 Å². The number of carbonyl (C=O) groups is 2. The summed E-state index contributed by atoms with van der Waals surface area (Å²) >= 11 is 0. The summed E-state index contributed by atoms with van der Waals surface area (Å²) in [7, 11) is 0. The fourth-order valence-electron chi connectivity index (χ4n) is 3.36. The fourth-order valence-corrected chi connectivity index (χ4v) is 3.36. The zero-order valence-electron chi connectivity index (χ0n) is 14.4. The minimum atomic E-state index is -0.267. The van der Waals surface area contributed by atoms with Crippen LogP contribution in [0.2, 0.25) is 0 Å². The monoisotopic (exact) mass is 340 g/mol. The molecule has 0 spiro atoms. The van der Waals surface area contributed by atoms with Crippen molar-refractivity contribution >= 4 is 22.6 Å². The van der Waals surface area contributed by atoms with Gasteiger partial charge in [-0.2, -0.15) is 0 Å². The number of piperidine rings is 1. The summed E-state index contributed by atoms with van der Waals surface area (Å²) in [5, 5.41) is 13.9. The second-order valence-corrected chi connectivity index (χ2v) is 6.71. The van der Waals surface area contributed by atoms with Crippen molar-refractivity contribution in [1.82, 2.24) is 10.2 Å². The van der Waals surface area contributed by atoms with Crippen molar-refractivity contribution in [3.05, 3.63) is 48.0 Å². The summed E-state index contributed by atoms with van der Waals surface area (Å²) in [4.78, 5) is 27.1. The molecule has 2 N–H and O–H groups in total. The van der Waals surface area contributed by atoms with Crippen LogP contribution in [0.1, 0.15) is 30.1 Å². The van der Waals surface area contributed by atoms with Crippen molar-refractivity contribution < 1.29 is 14.7 Å². The summed E-state index contributed by atoms with van der Waals surface area (Å²) in [6.45, 7) is 2.77. The smallest absolute Gasteiger partial charge is 0.254 e. The minimum Gasteiger partial charge on any atom is -0.394 e. The highest BCUT2D eigenvalue weighted by atomic mass is 16.3. The van der Waals surface area contributed by atoms with E-state index >= 15 is 0 Å². The Bertz CT molecular complexity index is 769. The first kappa shape index (κ1) is 17.4. The average Bonchev–Trinajstić information content (AvgIpc) is 2.67. The molecule has 0 bridgehead atoms. The molecule has 1 aliphatic heterocycles. The zero-order valence-corrected chi connectivity index (χ0v) is 14.4. The topological polar surface area (TPSA) is 69.6 Å². The first-order valence-electron chi connectivity index (χ1n) is 8.78. The molecule has 25 heavy (non-hydrogen) atoms. The van der Waals surface area contributed by atoms with E-state index in [2.05, 4.69) is 5.32 Å². The van der Waals surface area contributed by atoms with Crippen LogP contribution in [0.4, 0.5) is 0 Å². The van der Waals surface area contributed by atoms with Gasteiger partial charge in [-0.25, -0.2) is 0 Å². The van der Waals surface area contributed by atoms with Crippen LogP contribution in [-0.2, 0) is 4.79 Å². The third-order valence-electron chi connectivity index (χ3n) is 4.76. The van der Waals surface area contributed by atoms with Gasteiger partial charge in [0.15, 0.2) is 0 Å². The number of aliphatic hydroxyl groups excluding tert-OH is 1. The number of aliphatic hydroxyl groups is 1. The van der Waals surface area contributed by atoms with Crippen molar-refractivity contribution in [3.63, 3.8) is 0 Å². The Morgan fingerprint density at radius 3 is 2.80 bits per heavy atom. The van der Waals surface area contributed by atoms with Gasteiger partial charge in [-0.1, -0.05) is 36.4 Å². The molecule has 3 rings (SSSR count). The number of fused-ring (bicyclic) bond motifs is 1. The molecular weight excluding hydrogens is 316 g/mol. The molecule has 2 atom stereocenters. The maximum absolute atomic E-state index is 13.0. The number of likely N-dealkylation sites (tertiary alicyclic amines) is 1. The molecule has 2 amide bonds. The SMILES string of the molecule is CC(CO)NC(=O)C1CCCN(C(=O)c2cccc3ccccc23)C1. The van der Waals surface area contributed by atoms with E-state index in [0.717, 1.165) is 23.6 Å². The third kappa shape index (κ3) is 3.82. The normalized spacial score (nSPS) is 18.8. The number of hydrogen-bond acceptors (Lipinski definition) is 3. The van der Waals surface area contributed by atoms with Crippen LogP contribution >= 0.6 is 0 Å². The predicted octanol–water partition coefficient (Wildman–Crippen LogP) is 2.19. The van der Waals surface area contributed by atoms with E-state index in [1.165, 1.54) is 0 Å². The van der Waals surface area contributed by atoms with Gasteiger partial charge < -0.3 is 15.3 Å². The Kier molecular flexibility index (Phi) is 5.34. The summed E-state index contributed by atoms with van der Waals surface area (Å²) in [6, 6.07) is 13.3. The number of hydrogen-bond donors (Lipinski definition) is 2. The van der Waals surface area contributed by atoms with Crippen LogP contribution in [0.3, 0.4) is 0 Å². The summed E-state index contributed by atoms with van der Waals surface area (Å²) in [5.41, 5.74) is 0.683. The molecule has 0 aliphatic carbocycles. The Morgan fingerprint density at radius 1 is 1.24 bits per heavy atom. The van der Waals surface area contributed by atoms with E-state index in [1.54, 1.807) is 11.8 Å². The lowest BCUT2D eigenvalue weighted by atomic mass is 9.95. The molecular formula is C20H24N2O3. The van der Waals surface area contributed by atoms with E-state index in [4.69, 9.17) is 5.11 Å². The van der Waals surface area contributed by atoms with Gasteiger partial charge in [0, 0.05) is 24.7 Å². The molecule has 2 unspecified atom stereocenters. The van der Waals surface area contributed by atoms with E-state index in [0.29, 0.717) is 18.7 Å². The molecule has 0 saturated carbocycles. The van der Waals surface area contributed by atoms with Crippen LogP contribution in [-0.4, -0.2) is 47.6 Å². The van der Waals surface area contributed by atoms with Gasteiger partial charge in [-0.15, -0.1) is 0 Å². The number of benzene rings is 2. The molecule has 2 aromatic carbocycles. The summed E-state index contributed by atoms with van der Waals surface area (Å²) in [5.74, 6) is -0.330. The summed E-state index contributed by atoms with van der Waals surface area (Å²) in [6.07, 6.45) is 1.57. The second-order valence-electron chi connectivity index (χ2n) is 6.71. The van der Waals surface area contributed by atoms with Crippen LogP contribution in [0.5, 0.6) is 0 Å². The number of amides is 2. The van der Waals surface area contributed by atoms with Gasteiger partial charge in [0.1, 0.15) is 0 Å². The van der Waals surface area contributed by atoms with Crippen LogP contribution < -0.4 is 5.32 Å². The summed E-state index contributed by atoms with van der Waals surface area (Å²) < 4.78 is 0. The van der Waals surface area contributed by atoms with Gasteiger partial charge in [-0.05, 0) is 36.6 Å². The Hall–Kier alpha value is -2.40. The minimum absolute atomic E-state index is 0.0236. The van der Waals surface area contributed by atoms with Crippen LogP contribution in [0.25, 0.3) is 10.8 Å². The number of nitrogens with one attached hydrogen (secondary N) is 1. The van der Waals surface area contributed by atoms with E-state index in [-0.39, 0.29) is 30.4 Å². The maximum Gasteiger partial charge on any atom is 0.254 e. The van der Waals surface area contributed by atoms with Gasteiger partial charge in [0.2, 0.25) is 5.91 Å². The Morgan fingerprint density at radius 2 is 2.00 bits per heavy atom. The first-order chi connectivity index (χ1) is 12.1. The molecule has 1 heterocycles. The number of carbonyl (C=O) groups excluding carboxylic acids is 2. The first-order valence-corrected chi connectivity index (χ1v) is 8.78. The molecule has 5 nitrogen and oxygen atoms in total. The molecule has 132 valence electrons. The quantitative estimate of drug-likeness (QED) is 0.896. The molecule has 1 fully saturated rings. The highest BCUT2D eigenvalue weighted by Crippen LogP contribution is 2.23. The zero-order chi connectivity index (χ0) is 17.8. The van der Waals surface area contributed by atoms with Crippen molar-refractivity contribution in [2.45, 2.75) is 25.8 Å². The number of rotatable bonds is 4. The van der Waals surface area contributed by atoms with Crippen molar-refractivity contribution in [2.75, 3.05) is 19.7 Å². The van der Waals surface area contributed by atoms with Gasteiger partial charge in [0.25, 0.3) is 5.91 Å².